The van der Waals surface area contributed by atoms with Gasteiger partial charge in [-0.15, -0.1) is 0 Å². The molecule has 0 aromatic heterocycles. The number of methoxy groups -OCH3 is 1. The molecular formula is C26H20ClFN2O4S2. The van der Waals surface area contributed by atoms with E-state index in [0.717, 1.165) is 17.3 Å². The molecule has 1 aliphatic rings. The van der Waals surface area contributed by atoms with Gasteiger partial charge in [-0.05, 0) is 72.7 Å². The third-order valence-corrected chi connectivity index (χ3v) is 6.89. The number of thioether (sulfide) groups is 1. The summed E-state index contributed by atoms with van der Waals surface area (Å²) in [5.41, 5.74) is 2.65. The van der Waals surface area contributed by atoms with Gasteiger partial charge >= 0.3 is 0 Å². The Morgan fingerprint density at radius 1 is 1.14 bits per heavy atom. The van der Waals surface area contributed by atoms with E-state index in [0.29, 0.717) is 42.7 Å². The van der Waals surface area contributed by atoms with Crippen LogP contribution in [0.1, 0.15) is 11.1 Å². The Morgan fingerprint density at radius 3 is 2.58 bits per heavy atom. The smallest absolute Gasteiger partial charge is 0.270 e. The average Bonchev–Trinajstić information content (AvgIpc) is 3.13. The van der Waals surface area contributed by atoms with Crippen molar-refractivity contribution < 1.29 is 23.5 Å². The van der Waals surface area contributed by atoms with Crippen LogP contribution in [0.5, 0.6) is 11.5 Å². The third kappa shape index (κ3) is 5.87. The molecule has 3 aromatic rings. The molecule has 1 saturated heterocycles. The van der Waals surface area contributed by atoms with E-state index in [-0.39, 0.29) is 18.4 Å². The number of nitrogens with one attached hydrogen (secondary N) is 1. The lowest BCUT2D eigenvalue weighted by atomic mass is 10.2. The van der Waals surface area contributed by atoms with Gasteiger partial charge in [0.15, 0.2) is 22.4 Å². The molecule has 0 saturated carbocycles. The highest BCUT2D eigenvalue weighted by Crippen LogP contribution is 2.37. The van der Waals surface area contributed by atoms with Crippen molar-refractivity contribution in [3.8, 4) is 11.5 Å². The van der Waals surface area contributed by atoms with E-state index in [9.17, 15) is 14.0 Å². The summed E-state index contributed by atoms with van der Waals surface area (Å²) in [5.74, 6) is -0.296. The van der Waals surface area contributed by atoms with Gasteiger partial charge in [0.05, 0.1) is 17.7 Å². The second-order valence-electron chi connectivity index (χ2n) is 7.70. The molecule has 1 aliphatic heterocycles. The predicted octanol–water partition coefficient (Wildman–Crippen LogP) is 6.22. The number of hydrogen-bond donors (Lipinski definition) is 1. The summed E-state index contributed by atoms with van der Waals surface area (Å²) in [5, 5.41) is 3.29. The van der Waals surface area contributed by atoms with Crippen LogP contribution in [0.15, 0.2) is 65.6 Å². The van der Waals surface area contributed by atoms with Crippen molar-refractivity contribution in [3.05, 3.63) is 87.5 Å². The zero-order chi connectivity index (χ0) is 25.8. The first-order valence-corrected chi connectivity index (χ1v) is 12.3. The minimum atomic E-state index is -0.397. The number of thiocarbonyl (C=S) groups is 1. The molecule has 6 nitrogen and oxygen atoms in total. The van der Waals surface area contributed by atoms with E-state index in [1.165, 1.54) is 36.3 Å². The Balaban J connectivity index is 1.44. The fourth-order valence-electron chi connectivity index (χ4n) is 3.34. The zero-order valence-corrected chi connectivity index (χ0v) is 21.6. The fraction of sp³-hybridized carbons (Fsp3) is 0.115. The lowest BCUT2D eigenvalue weighted by Crippen LogP contribution is -2.27. The van der Waals surface area contributed by atoms with Crippen LogP contribution in [0.25, 0.3) is 6.08 Å². The van der Waals surface area contributed by atoms with Crippen LogP contribution in [0, 0.1) is 12.7 Å². The summed E-state index contributed by atoms with van der Waals surface area (Å²) in [6.07, 6.45) is 1.68. The summed E-state index contributed by atoms with van der Waals surface area (Å²) < 4.78 is 24.7. The van der Waals surface area contributed by atoms with E-state index in [2.05, 4.69) is 5.32 Å². The van der Waals surface area contributed by atoms with Gasteiger partial charge in [-0.2, -0.15) is 0 Å². The normalized spacial score (nSPS) is 14.3. The van der Waals surface area contributed by atoms with Crippen LogP contribution in [-0.2, 0) is 9.59 Å². The SMILES string of the molecule is COc1cc(/C=C2\SC(=S)N(c3ccc(F)cc3)C2=O)ccc1OCC(=O)Nc1ccc(C)c(Cl)c1. The first-order chi connectivity index (χ1) is 17.2. The minimum Gasteiger partial charge on any atom is -0.493 e. The van der Waals surface area contributed by atoms with Gasteiger partial charge in [-0.25, -0.2) is 4.39 Å². The molecule has 1 N–H and O–H groups in total. The van der Waals surface area contributed by atoms with Crippen LogP contribution in [0.3, 0.4) is 0 Å². The molecule has 0 unspecified atom stereocenters. The summed E-state index contributed by atoms with van der Waals surface area (Å²) in [7, 11) is 1.48. The summed E-state index contributed by atoms with van der Waals surface area (Å²) in [6.45, 7) is 1.64. The largest absolute Gasteiger partial charge is 0.493 e. The van der Waals surface area contributed by atoms with E-state index >= 15 is 0 Å². The summed E-state index contributed by atoms with van der Waals surface area (Å²) in [4.78, 5) is 27.0. The number of rotatable bonds is 7. The molecule has 10 heteroatoms. The van der Waals surface area contributed by atoms with Gasteiger partial charge in [-0.3, -0.25) is 14.5 Å². The number of carbonyl (C=O) groups is 2. The lowest BCUT2D eigenvalue weighted by Gasteiger charge is -2.14. The monoisotopic (exact) mass is 542 g/mol. The Kier molecular flexibility index (Phi) is 7.93. The Labute approximate surface area is 222 Å². The predicted molar refractivity (Wildman–Crippen MR) is 145 cm³/mol. The maximum atomic E-state index is 13.3. The van der Waals surface area contributed by atoms with E-state index in [4.69, 9.17) is 33.3 Å². The molecule has 0 atom stereocenters. The Morgan fingerprint density at radius 2 is 1.89 bits per heavy atom. The summed E-state index contributed by atoms with van der Waals surface area (Å²) >= 11 is 12.6. The van der Waals surface area contributed by atoms with Gasteiger partial charge in [0.2, 0.25) is 0 Å². The molecule has 184 valence electrons. The molecule has 0 bridgehead atoms. The van der Waals surface area contributed by atoms with Crippen molar-refractivity contribution in [1.82, 2.24) is 0 Å². The van der Waals surface area contributed by atoms with Crippen molar-refractivity contribution in [2.75, 3.05) is 23.9 Å². The highest BCUT2D eigenvalue weighted by atomic mass is 35.5. The lowest BCUT2D eigenvalue weighted by molar-refractivity contribution is -0.118. The van der Waals surface area contributed by atoms with Crippen molar-refractivity contribution in [1.29, 1.82) is 0 Å². The maximum absolute atomic E-state index is 13.3. The molecule has 1 heterocycles. The molecule has 4 rings (SSSR count). The number of amides is 2. The van der Waals surface area contributed by atoms with Crippen LogP contribution < -0.4 is 19.7 Å². The minimum absolute atomic E-state index is 0.239. The number of carbonyl (C=O) groups excluding carboxylic acids is 2. The van der Waals surface area contributed by atoms with Gasteiger partial charge in [0, 0.05) is 10.7 Å². The number of ether oxygens (including phenoxy) is 2. The highest BCUT2D eigenvalue weighted by molar-refractivity contribution is 8.27. The van der Waals surface area contributed by atoms with Crippen molar-refractivity contribution in [2.45, 2.75) is 6.92 Å². The topological polar surface area (TPSA) is 67.9 Å². The van der Waals surface area contributed by atoms with Crippen molar-refractivity contribution in [2.24, 2.45) is 0 Å². The second kappa shape index (κ2) is 11.1. The highest BCUT2D eigenvalue weighted by Gasteiger charge is 2.33. The first-order valence-electron chi connectivity index (χ1n) is 10.7. The number of nitrogens with zero attached hydrogens (tertiary/aromatic N) is 1. The Hall–Kier alpha value is -3.40. The Bertz CT molecular complexity index is 1380. The standard InChI is InChI=1S/C26H20ClFN2O4S2/c1-15-3-7-18(13-20(15)27)29-24(31)14-34-21-10-4-16(11-22(21)33-2)12-23-25(32)30(26(35)36-23)19-8-5-17(28)6-9-19/h3-13H,14H2,1-2H3,(H,29,31)/b23-12-. The van der Waals surface area contributed by atoms with E-state index < -0.39 is 5.82 Å². The fourth-order valence-corrected chi connectivity index (χ4v) is 4.82. The van der Waals surface area contributed by atoms with E-state index in [1.54, 1.807) is 36.4 Å². The first kappa shape index (κ1) is 25.7. The van der Waals surface area contributed by atoms with Gasteiger partial charge < -0.3 is 14.8 Å². The molecule has 0 radical (unpaired) electrons. The molecular weight excluding hydrogens is 523 g/mol. The van der Waals surface area contributed by atoms with Crippen LogP contribution in [0.4, 0.5) is 15.8 Å². The molecule has 36 heavy (non-hydrogen) atoms. The molecule has 0 aliphatic carbocycles. The third-order valence-electron chi connectivity index (χ3n) is 5.18. The molecule has 2 amide bonds. The maximum Gasteiger partial charge on any atom is 0.270 e. The quantitative estimate of drug-likeness (QED) is 0.282. The number of aryl methyl sites for hydroxylation is 1. The zero-order valence-electron chi connectivity index (χ0n) is 19.2. The average molecular weight is 543 g/mol. The molecule has 1 fully saturated rings. The number of anilines is 2. The number of hydrogen-bond acceptors (Lipinski definition) is 6. The van der Waals surface area contributed by atoms with E-state index in [1.807, 2.05) is 13.0 Å². The van der Waals surface area contributed by atoms with Gasteiger partial charge in [0.25, 0.3) is 11.8 Å². The van der Waals surface area contributed by atoms with Gasteiger partial charge in [0.1, 0.15) is 5.82 Å². The molecule has 3 aromatic carbocycles. The van der Waals surface area contributed by atoms with Crippen molar-refractivity contribution >= 4 is 69.2 Å². The van der Waals surface area contributed by atoms with Crippen LogP contribution in [0.2, 0.25) is 5.02 Å². The van der Waals surface area contributed by atoms with Crippen LogP contribution in [-0.4, -0.2) is 29.9 Å². The van der Waals surface area contributed by atoms with Gasteiger partial charge in [-0.1, -0.05) is 47.7 Å². The number of benzene rings is 3. The number of halogens is 2. The molecule has 0 spiro atoms. The second-order valence-corrected chi connectivity index (χ2v) is 9.79. The van der Waals surface area contributed by atoms with Crippen molar-refractivity contribution in [3.63, 3.8) is 0 Å². The summed E-state index contributed by atoms with van der Waals surface area (Å²) in [6, 6.07) is 15.9. The van der Waals surface area contributed by atoms with Crippen LogP contribution >= 0.6 is 35.6 Å².